The molecule has 0 spiro atoms. The van der Waals surface area contributed by atoms with Crippen molar-refractivity contribution < 1.29 is 0 Å². The summed E-state index contributed by atoms with van der Waals surface area (Å²) < 4.78 is 0. The van der Waals surface area contributed by atoms with E-state index in [1.165, 1.54) is 166 Å². The third kappa shape index (κ3) is 5.13. The Labute approximate surface area is 425 Å². The minimum atomic E-state index is -0.186. The van der Waals surface area contributed by atoms with Crippen molar-refractivity contribution >= 4 is 102 Å². The maximum absolute atomic E-state index is 2.80. The van der Waals surface area contributed by atoms with Crippen molar-refractivity contribution in [3.63, 3.8) is 0 Å². The number of hydrogen-bond acceptors (Lipinski definition) is 2. The van der Waals surface area contributed by atoms with Gasteiger partial charge in [0.05, 0.1) is 22.7 Å². The molecule has 2 nitrogen and oxygen atoms in total. The first-order valence-corrected chi connectivity index (χ1v) is 26.2. The van der Waals surface area contributed by atoms with Crippen LogP contribution in [0.15, 0.2) is 158 Å². The van der Waals surface area contributed by atoms with E-state index in [0.29, 0.717) is 0 Å². The van der Waals surface area contributed by atoms with E-state index in [1.807, 2.05) is 0 Å². The summed E-state index contributed by atoms with van der Waals surface area (Å²) in [5.41, 5.74) is 34.7. The van der Waals surface area contributed by atoms with E-state index in [-0.39, 0.29) is 24.3 Å². The predicted molar refractivity (Wildman–Crippen MR) is 310 cm³/mol. The molecule has 0 bridgehead atoms. The summed E-state index contributed by atoms with van der Waals surface area (Å²) in [6.45, 7) is 23.6. The van der Waals surface area contributed by atoms with E-state index >= 15 is 0 Å². The van der Waals surface area contributed by atoms with E-state index in [9.17, 15) is 0 Å². The first-order chi connectivity index (χ1) is 34.8. The Balaban J connectivity index is 1.20. The number of benzene rings is 10. The second-order valence-corrected chi connectivity index (χ2v) is 23.1. The molecular formula is C68H56B2N2. The Hall–Kier alpha value is -7.55. The number of nitrogens with zero attached hydrogens (tertiary/aromatic N) is 2. The van der Waals surface area contributed by atoms with Gasteiger partial charge in [-0.15, -0.1) is 0 Å². The van der Waals surface area contributed by atoms with Gasteiger partial charge in [0.15, 0.2) is 0 Å². The maximum Gasteiger partial charge on any atom is 0.248 e. The van der Waals surface area contributed by atoms with Crippen molar-refractivity contribution in [3.8, 4) is 22.3 Å². The molecule has 0 radical (unpaired) electrons. The number of rotatable bonds is 2. The highest BCUT2D eigenvalue weighted by molar-refractivity contribution is 7.01. The van der Waals surface area contributed by atoms with Crippen LogP contribution in [0, 0.1) is 41.5 Å². The van der Waals surface area contributed by atoms with Crippen LogP contribution in [-0.4, -0.2) is 13.4 Å². The van der Waals surface area contributed by atoms with Crippen molar-refractivity contribution in [1.82, 2.24) is 0 Å². The zero-order valence-corrected chi connectivity index (χ0v) is 43.1. The molecule has 3 aliphatic heterocycles. The molecule has 0 saturated carbocycles. The molecule has 10 aromatic carbocycles. The molecule has 4 heteroatoms. The SMILES string of the molecule is Cc1cc(C)c(B2c3ccc4c(c3N3c5cc6ccccc6c6c5N(c5cc7ccccc7c2c53)c2c(ccc3c2-c2ccccc2C3(C)C)B6c2c(C)cc(C)cc2C)-c2ccccc2C4(C)C)c(C)c1. The van der Waals surface area contributed by atoms with Crippen LogP contribution in [0.4, 0.5) is 34.1 Å². The Morgan fingerprint density at radius 1 is 0.347 bits per heavy atom. The monoisotopic (exact) mass is 922 g/mol. The van der Waals surface area contributed by atoms with Crippen LogP contribution in [0.25, 0.3) is 43.8 Å². The molecule has 0 fully saturated rings. The van der Waals surface area contributed by atoms with Gasteiger partial charge < -0.3 is 9.80 Å². The van der Waals surface area contributed by atoms with Crippen LogP contribution in [0.3, 0.4) is 0 Å². The summed E-state index contributed by atoms with van der Waals surface area (Å²) in [6, 6.07) is 62.0. The van der Waals surface area contributed by atoms with Gasteiger partial charge in [-0.25, -0.2) is 0 Å². The average molecular weight is 923 g/mol. The lowest BCUT2D eigenvalue weighted by Gasteiger charge is -2.51. The van der Waals surface area contributed by atoms with Crippen molar-refractivity contribution in [2.75, 3.05) is 9.80 Å². The molecule has 3 heterocycles. The molecular weight excluding hydrogens is 866 g/mol. The highest BCUT2D eigenvalue weighted by atomic mass is 15.3. The first kappa shape index (κ1) is 42.2. The van der Waals surface area contributed by atoms with Gasteiger partial charge >= 0.3 is 0 Å². The molecule has 10 aromatic rings. The van der Waals surface area contributed by atoms with E-state index in [0.717, 1.165) is 0 Å². The third-order valence-corrected chi connectivity index (χ3v) is 18.2. The first-order valence-electron chi connectivity index (χ1n) is 26.2. The normalized spacial score (nSPS) is 15.5. The predicted octanol–water partition coefficient (Wildman–Crippen LogP) is 13.4. The van der Waals surface area contributed by atoms with Crippen molar-refractivity contribution in [2.45, 2.75) is 80.1 Å². The van der Waals surface area contributed by atoms with Crippen LogP contribution in [-0.2, 0) is 10.8 Å². The topological polar surface area (TPSA) is 6.48 Å². The minimum absolute atomic E-state index is 0.0321. The number of anilines is 6. The fourth-order valence-corrected chi connectivity index (χ4v) is 15.5. The Kier molecular flexibility index (Phi) is 8.26. The van der Waals surface area contributed by atoms with Crippen LogP contribution in [0.1, 0.15) is 83.3 Å². The van der Waals surface area contributed by atoms with Gasteiger partial charge in [-0.1, -0.05) is 218 Å². The lowest BCUT2D eigenvalue weighted by Crippen LogP contribution is -2.62. The molecule has 0 amide bonds. The zero-order valence-electron chi connectivity index (χ0n) is 43.1. The van der Waals surface area contributed by atoms with Crippen LogP contribution in [0.2, 0.25) is 0 Å². The number of hydrogen-bond donors (Lipinski definition) is 0. The second-order valence-electron chi connectivity index (χ2n) is 23.1. The van der Waals surface area contributed by atoms with Gasteiger partial charge in [-0.2, -0.15) is 0 Å². The van der Waals surface area contributed by atoms with Gasteiger partial charge in [0.1, 0.15) is 0 Å². The highest BCUT2D eigenvalue weighted by Crippen LogP contribution is 2.63. The van der Waals surface area contributed by atoms with Crippen LogP contribution in [0.5, 0.6) is 0 Å². The molecule has 72 heavy (non-hydrogen) atoms. The summed E-state index contributed by atoms with van der Waals surface area (Å²) >= 11 is 0. The van der Waals surface area contributed by atoms with E-state index in [2.05, 4.69) is 237 Å². The molecule has 15 rings (SSSR count). The summed E-state index contributed by atoms with van der Waals surface area (Å²) in [6.07, 6.45) is 0. The highest BCUT2D eigenvalue weighted by Gasteiger charge is 2.52. The van der Waals surface area contributed by atoms with Gasteiger partial charge in [0, 0.05) is 33.3 Å². The van der Waals surface area contributed by atoms with Crippen molar-refractivity contribution in [2.24, 2.45) is 0 Å². The molecule has 0 N–H and O–H groups in total. The van der Waals surface area contributed by atoms with Crippen LogP contribution >= 0.6 is 0 Å². The molecule has 0 aromatic heterocycles. The summed E-state index contributed by atoms with van der Waals surface area (Å²) in [4.78, 5) is 5.61. The van der Waals surface area contributed by atoms with Gasteiger partial charge in [0.25, 0.3) is 0 Å². The summed E-state index contributed by atoms with van der Waals surface area (Å²) in [5, 5.41) is 5.16. The Morgan fingerprint density at radius 3 is 1.11 bits per heavy atom. The summed E-state index contributed by atoms with van der Waals surface area (Å²) in [5.74, 6) is 0. The van der Waals surface area contributed by atoms with E-state index in [4.69, 9.17) is 0 Å². The Morgan fingerprint density at radius 2 is 0.708 bits per heavy atom. The second kappa shape index (κ2) is 14.1. The standard InChI is InChI=1S/C68H56B2N2/c1-37-31-39(3)59(40(4)32-37)69-53-29-27-51-57(47-23-15-17-25-49(47)67(51,7)8)63(53)71-56-36-44-20-12-14-22-46(44)62-66(56)72(55-35-43-19-11-13-21-45(43)61(69)65(55)71)64-54(70(62)60-41(5)33-38(2)34-42(60)6)30-28-52-58(64)48-24-16-18-26-50(48)68(52,9)10/h11-36H,1-10H3. The minimum Gasteiger partial charge on any atom is -0.307 e. The van der Waals surface area contributed by atoms with Crippen LogP contribution < -0.4 is 42.6 Å². The quantitative estimate of drug-likeness (QED) is 0.159. The lowest BCUT2D eigenvalue weighted by molar-refractivity contribution is 0.660. The zero-order chi connectivity index (χ0) is 49.0. The van der Waals surface area contributed by atoms with Gasteiger partial charge in [0.2, 0.25) is 13.4 Å². The van der Waals surface area contributed by atoms with E-state index < -0.39 is 0 Å². The summed E-state index contributed by atoms with van der Waals surface area (Å²) in [7, 11) is 0. The third-order valence-electron chi connectivity index (χ3n) is 18.2. The van der Waals surface area contributed by atoms with Crippen molar-refractivity contribution in [1.29, 1.82) is 0 Å². The molecule has 0 saturated heterocycles. The van der Waals surface area contributed by atoms with E-state index in [1.54, 1.807) is 0 Å². The number of aryl methyl sites for hydroxylation is 6. The fraction of sp³-hybridized carbons (Fsp3) is 0.176. The molecule has 2 aliphatic carbocycles. The molecule has 0 atom stereocenters. The fourth-order valence-electron chi connectivity index (χ4n) is 15.5. The largest absolute Gasteiger partial charge is 0.307 e. The molecule has 5 aliphatic rings. The lowest BCUT2D eigenvalue weighted by atomic mass is 9.32. The van der Waals surface area contributed by atoms with Gasteiger partial charge in [-0.3, -0.25) is 0 Å². The maximum atomic E-state index is 2.80. The van der Waals surface area contributed by atoms with Gasteiger partial charge in [-0.05, 0) is 130 Å². The average Bonchev–Trinajstić information content (AvgIpc) is 3.74. The van der Waals surface area contributed by atoms with Crippen molar-refractivity contribution in [3.05, 3.63) is 213 Å². The smallest absolute Gasteiger partial charge is 0.248 e. The Bertz CT molecular complexity index is 3840. The molecule has 0 unspecified atom stereocenters. The number of fused-ring (bicyclic) bond motifs is 18. The molecule has 344 valence electrons.